The molecule has 2 aromatic rings. The van der Waals surface area contributed by atoms with Crippen LogP contribution in [0.5, 0.6) is 5.75 Å². The summed E-state index contributed by atoms with van der Waals surface area (Å²) in [5, 5.41) is 0. The molecule has 0 bridgehead atoms. The minimum Gasteiger partial charge on any atom is -0.497 e. The smallest absolute Gasteiger partial charge is 0.118 e. The van der Waals surface area contributed by atoms with Gasteiger partial charge in [0.25, 0.3) is 0 Å². The van der Waals surface area contributed by atoms with Gasteiger partial charge in [0, 0.05) is 5.92 Å². The maximum atomic E-state index is 5.32. The number of hydrogen-bond acceptors (Lipinski definition) is 1. The van der Waals surface area contributed by atoms with E-state index in [9.17, 15) is 0 Å². The zero-order chi connectivity index (χ0) is 14.9. The molecule has 0 amide bonds. The fraction of sp³-hybridized carbons (Fsp3) is 0.333. The molecule has 0 radical (unpaired) electrons. The van der Waals surface area contributed by atoms with Crippen LogP contribution in [-0.4, -0.2) is 7.11 Å². The van der Waals surface area contributed by atoms with Gasteiger partial charge in [0.1, 0.15) is 5.75 Å². The van der Waals surface area contributed by atoms with Crippen molar-refractivity contribution in [2.75, 3.05) is 7.11 Å². The Morgan fingerprint density at radius 3 is 2.41 bits per heavy atom. The Hall–Kier alpha value is -2.02. The molecule has 0 saturated heterocycles. The third-order valence-corrected chi connectivity index (χ3v) is 5.36. The van der Waals surface area contributed by atoms with Crippen LogP contribution in [0.2, 0.25) is 0 Å². The van der Waals surface area contributed by atoms with Gasteiger partial charge in [-0.25, -0.2) is 0 Å². The first-order valence-electron chi connectivity index (χ1n) is 8.28. The second-order valence-corrected chi connectivity index (χ2v) is 6.50. The summed E-state index contributed by atoms with van der Waals surface area (Å²) in [6.07, 6.45) is 6.64. The fourth-order valence-corrected chi connectivity index (χ4v) is 4.35. The second kappa shape index (κ2) is 5.64. The molecule has 1 heteroatoms. The Morgan fingerprint density at radius 2 is 1.68 bits per heavy atom. The second-order valence-electron chi connectivity index (χ2n) is 6.50. The molecular weight excluding hydrogens is 268 g/mol. The van der Waals surface area contributed by atoms with Crippen LogP contribution >= 0.6 is 0 Å². The van der Waals surface area contributed by atoms with Gasteiger partial charge in [-0.05, 0) is 53.5 Å². The van der Waals surface area contributed by atoms with E-state index in [1.165, 1.54) is 36.0 Å². The molecule has 0 aromatic heterocycles. The molecule has 1 saturated carbocycles. The number of rotatable bonds is 3. The van der Waals surface area contributed by atoms with Crippen molar-refractivity contribution < 1.29 is 4.74 Å². The zero-order valence-electron chi connectivity index (χ0n) is 13.0. The van der Waals surface area contributed by atoms with Gasteiger partial charge in [0.05, 0.1) is 7.11 Å². The predicted molar refractivity (Wildman–Crippen MR) is 91.0 cm³/mol. The van der Waals surface area contributed by atoms with E-state index >= 15 is 0 Å². The van der Waals surface area contributed by atoms with E-state index in [0.29, 0.717) is 5.92 Å². The molecule has 4 rings (SSSR count). The Balaban J connectivity index is 1.75. The van der Waals surface area contributed by atoms with Crippen LogP contribution in [0.15, 0.2) is 60.7 Å². The van der Waals surface area contributed by atoms with Gasteiger partial charge in [-0.3, -0.25) is 0 Å². The van der Waals surface area contributed by atoms with E-state index in [2.05, 4.69) is 60.7 Å². The summed E-state index contributed by atoms with van der Waals surface area (Å²) < 4.78 is 5.32. The molecule has 2 aliphatic rings. The highest BCUT2D eigenvalue weighted by molar-refractivity contribution is 5.74. The normalized spacial score (nSPS) is 26.6. The van der Waals surface area contributed by atoms with Crippen molar-refractivity contribution in [2.24, 2.45) is 11.8 Å². The predicted octanol–water partition coefficient (Wildman–Crippen LogP) is 5.29. The minimum atomic E-state index is 0.542. The quantitative estimate of drug-likeness (QED) is 0.746. The fourth-order valence-electron chi connectivity index (χ4n) is 4.35. The molecule has 0 spiro atoms. The molecule has 0 N–H and O–H groups in total. The standard InChI is InChI=1S/C21H22O/c1-22-18-12-10-16(11-13-18)21-19-9-5-8-17(19)14-20(21)15-6-3-2-4-7-15/h2-4,6-7,10-14,17,19,21H,5,8-9H2,1H3. The highest BCUT2D eigenvalue weighted by atomic mass is 16.5. The lowest BCUT2D eigenvalue weighted by Crippen LogP contribution is -2.11. The van der Waals surface area contributed by atoms with Gasteiger partial charge in [0.15, 0.2) is 0 Å². The Morgan fingerprint density at radius 1 is 0.909 bits per heavy atom. The summed E-state index contributed by atoms with van der Waals surface area (Å²) in [4.78, 5) is 0. The molecule has 3 unspecified atom stereocenters. The summed E-state index contributed by atoms with van der Waals surface area (Å²) in [5.74, 6) is 3.03. The summed E-state index contributed by atoms with van der Waals surface area (Å²) in [6, 6.07) is 19.6. The summed E-state index contributed by atoms with van der Waals surface area (Å²) in [5.41, 5.74) is 4.35. The van der Waals surface area contributed by atoms with Crippen molar-refractivity contribution in [2.45, 2.75) is 25.2 Å². The van der Waals surface area contributed by atoms with Crippen molar-refractivity contribution >= 4 is 5.57 Å². The summed E-state index contributed by atoms with van der Waals surface area (Å²) >= 11 is 0. The molecule has 2 aliphatic carbocycles. The monoisotopic (exact) mass is 290 g/mol. The van der Waals surface area contributed by atoms with Gasteiger partial charge >= 0.3 is 0 Å². The molecule has 2 aromatic carbocycles. The van der Waals surface area contributed by atoms with Crippen molar-refractivity contribution in [3.63, 3.8) is 0 Å². The zero-order valence-corrected chi connectivity index (χ0v) is 13.0. The summed E-state index contributed by atoms with van der Waals surface area (Å²) in [6.45, 7) is 0. The molecule has 3 atom stereocenters. The highest BCUT2D eigenvalue weighted by Crippen LogP contribution is 2.54. The SMILES string of the molecule is COc1ccc(C2C(c3ccccc3)=CC3CCCC32)cc1. The first-order valence-corrected chi connectivity index (χ1v) is 8.28. The lowest BCUT2D eigenvalue weighted by molar-refractivity contribution is 0.413. The Labute approximate surface area is 132 Å². The van der Waals surface area contributed by atoms with Crippen LogP contribution in [0.3, 0.4) is 0 Å². The largest absolute Gasteiger partial charge is 0.497 e. The molecule has 0 heterocycles. The van der Waals surface area contributed by atoms with Gasteiger partial charge in [-0.15, -0.1) is 0 Å². The van der Waals surface area contributed by atoms with Gasteiger partial charge in [0.2, 0.25) is 0 Å². The Kier molecular flexibility index (Phi) is 3.49. The number of ether oxygens (including phenoxy) is 1. The van der Waals surface area contributed by atoms with Gasteiger partial charge < -0.3 is 4.74 Å². The van der Waals surface area contributed by atoms with Crippen molar-refractivity contribution in [3.8, 4) is 5.75 Å². The van der Waals surface area contributed by atoms with Crippen LogP contribution in [0.25, 0.3) is 5.57 Å². The number of fused-ring (bicyclic) bond motifs is 1. The van der Waals surface area contributed by atoms with E-state index in [1.807, 2.05) is 0 Å². The highest BCUT2D eigenvalue weighted by Gasteiger charge is 2.40. The van der Waals surface area contributed by atoms with E-state index in [1.54, 1.807) is 7.11 Å². The number of methoxy groups -OCH3 is 1. The lowest BCUT2D eigenvalue weighted by atomic mass is 9.80. The van der Waals surface area contributed by atoms with Crippen LogP contribution < -0.4 is 4.74 Å². The van der Waals surface area contributed by atoms with E-state index in [0.717, 1.165) is 17.6 Å². The van der Waals surface area contributed by atoms with Gasteiger partial charge in [-0.1, -0.05) is 55.0 Å². The first-order chi connectivity index (χ1) is 10.9. The van der Waals surface area contributed by atoms with Crippen molar-refractivity contribution in [1.82, 2.24) is 0 Å². The van der Waals surface area contributed by atoms with Crippen LogP contribution in [0.4, 0.5) is 0 Å². The number of benzene rings is 2. The molecule has 112 valence electrons. The molecule has 1 fully saturated rings. The molecular formula is C21H22O. The third kappa shape index (κ3) is 2.25. The van der Waals surface area contributed by atoms with Gasteiger partial charge in [-0.2, -0.15) is 0 Å². The molecule has 1 nitrogen and oxygen atoms in total. The molecule has 0 aliphatic heterocycles. The third-order valence-electron chi connectivity index (χ3n) is 5.36. The first kappa shape index (κ1) is 13.6. The molecule has 22 heavy (non-hydrogen) atoms. The number of allylic oxidation sites excluding steroid dienone is 2. The lowest BCUT2D eigenvalue weighted by Gasteiger charge is -2.23. The average Bonchev–Trinajstić information content (AvgIpc) is 3.16. The van der Waals surface area contributed by atoms with Crippen LogP contribution in [0.1, 0.15) is 36.3 Å². The van der Waals surface area contributed by atoms with Crippen LogP contribution in [0, 0.1) is 11.8 Å². The maximum absolute atomic E-state index is 5.32. The van der Waals surface area contributed by atoms with Crippen LogP contribution in [-0.2, 0) is 0 Å². The minimum absolute atomic E-state index is 0.542. The average molecular weight is 290 g/mol. The number of hydrogen-bond donors (Lipinski definition) is 0. The topological polar surface area (TPSA) is 9.23 Å². The Bertz CT molecular complexity index is 669. The van der Waals surface area contributed by atoms with E-state index in [4.69, 9.17) is 4.74 Å². The summed E-state index contributed by atoms with van der Waals surface area (Å²) in [7, 11) is 1.73. The maximum Gasteiger partial charge on any atom is 0.118 e. The van der Waals surface area contributed by atoms with E-state index < -0.39 is 0 Å². The van der Waals surface area contributed by atoms with E-state index in [-0.39, 0.29) is 0 Å². The van der Waals surface area contributed by atoms with Crippen molar-refractivity contribution in [3.05, 3.63) is 71.8 Å². The van der Waals surface area contributed by atoms with Crippen molar-refractivity contribution in [1.29, 1.82) is 0 Å².